The SMILES string of the molecule is CC(=N)/C(=C(\C(C)=N)c1ccccc1)c1ccccc1. The molecule has 2 heteroatoms. The number of hydrogen-bond acceptors (Lipinski definition) is 2. The Kier molecular flexibility index (Phi) is 4.26. The second kappa shape index (κ2) is 6.11. The van der Waals surface area contributed by atoms with Crippen LogP contribution in [-0.4, -0.2) is 11.4 Å². The highest BCUT2D eigenvalue weighted by atomic mass is 14.4. The molecule has 0 aromatic heterocycles. The van der Waals surface area contributed by atoms with E-state index in [0.717, 1.165) is 22.3 Å². The lowest BCUT2D eigenvalue weighted by atomic mass is 9.89. The summed E-state index contributed by atoms with van der Waals surface area (Å²) in [6, 6.07) is 19.7. The molecular formula is C18H18N2. The predicted molar refractivity (Wildman–Crippen MR) is 86.5 cm³/mol. The Bertz CT molecular complexity index is 593. The highest BCUT2D eigenvalue weighted by Gasteiger charge is 2.14. The van der Waals surface area contributed by atoms with Crippen LogP contribution in [0.3, 0.4) is 0 Å². The van der Waals surface area contributed by atoms with Crippen LogP contribution in [0.15, 0.2) is 60.7 Å². The summed E-state index contributed by atoms with van der Waals surface area (Å²) >= 11 is 0. The highest BCUT2D eigenvalue weighted by molar-refractivity contribution is 6.40. The Morgan fingerprint density at radius 1 is 0.600 bits per heavy atom. The summed E-state index contributed by atoms with van der Waals surface area (Å²) in [5.74, 6) is 0. The Morgan fingerprint density at radius 2 is 0.900 bits per heavy atom. The van der Waals surface area contributed by atoms with Gasteiger partial charge < -0.3 is 10.8 Å². The Morgan fingerprint density at radius 3 is 1.15 bits per heavy atom. The van der Waals surface area contributed by atoms with E-state index >= 15 is 0 Å². The molecule has 0 aliphatic heterocycles. The summed E-state index contributed by atoms with van der Waals surface area (Å²) in [5, 5.41) is 16.2. The van der Waals surface area contributed by atoms with Crippen LogP contribution in [0.25, 0.3) is 11.1 Å². The van der Waals surface area contributed by atoms with Crippen LogP contribution in [0.4, 0.5) is 0 Å². The lowest BCUT2D eigenvalue weighted by Crippen LogP contribution is -2.05. The standard InChI is InChI=1S/C18H18N2/c1-13(19)17(15-9-5-3-6-10-15)18(14(2)20)16-11-7-4-8-12-16/h3-12,19-20H,1-2H3/b18-17-,19-13?,20-14?. The molecule has 0 saturated carbocycles. The van der Waals surface area contributed by atoms with Crippen LogP contribution in [0.5, 0.6) is 0 Å². The number of nitrogens with one attached hydrogen (secondary N) is 2. The van der Waals surface area contributed by atoms with Crippen molar-refractivity contribution in [2.75, 3.05) is 0 Å². The van der Waals surface area contributed by atoms with Crippen LogP contribution in [0.2, 0.25) is 0 Å². The molecule has 0 amide bonds. The average molecular weight is 262 g/mol. The van der Waals surface area contributed by atoms with Crippen molar-refractivity contribution >= 4 is 22.6 Å². The molecular weight excluding hydrogens is 244 g/mol. The van der Waals surface area contributed by atoms with Crippen LogP contribution >= 0.6 is 0 Å². The third-order valence-corrected chi connectivity index (χ3v) is 3.12. The predicted octanol–water partition coefficient (Wildman–Crippen LogP) is 4.68. The van der Waals surface area contributed by atoms with Crippen molar-refractivity contribution in [1.82, 2.24) is 0 Å². The first-order valence-corrected chi connectivity index (χ1v) is 6.57. The van der Waals surface area contributed by atoms with E-state index in [1.54, 1.807) is 13.8 Å². The van der Waals surface area contributed by atoms with E-state index in [1.807, 2.05) is 60.7 Å². The topological polar surface area (TPSA) is 47.7 Å². The lowest BCUT2D eigenvalue weighted by Gasteiger charge is -2.15. The van der Waals surface area contributed by atoms with E-state index in [0.29, 0.717) is 11.4 Å². The molecule has 0 aliphatic rings. The average Bonchev–Trinajstić information content (AvgIpc) is 2.45. The van der Waals surface area contributed by atoms with Crippen molar-refractivity contribution in [2.24, 2.45) is 0 Å². The van der Waals surface area contributed by atoms with E-state index in [2.05, 4.69) is 0 Å². The molecule has 0 bridgehead atoms. The summed E-state index contributed by atoms with van der Waals surface area (Å²) in [6.45, 7) is 3.54. The van der Waals surface area contributed by atoms with Gasteiger partial charge in [-0.2, -0.15) is 0 Å². The molecule has 2 aromatic rings. The molecule has 0 unspecified atom stereocenters. The highest BCUT2D eigenvalue weighted by Crippen LogP contribution is 2.28. The summed E-state index contributed by atoms with van der Waals surface area (Å²) in [5.41, 5.74) is 4.55. The first-order chi connectivity index (χ1) is 9.61. The van der Waals surface area contributed by atoms with Gasteiger partial charge in [0.2, 0.25) is 0 Å². The van der Waals surface area contributed by atoms with E-state index < -0.39 is 0 Å². The first-order valence-electron chi connectivity index (χ1n) is 6.57. The van der Waals surface area contributed by atoms with Gasteiger partial charge in [-0.3, -0.25) is 0 Å². The van der Waals surface area contributed by atoms with Crippen molar-refractivity contribution in [1.29, 1.82) is 10.8 Å². The quantitative estimate of drug-likeness (QED) is 0.594. The molecule has 2 rings (SSSR count). The van der Waals surface area contributed by atoms with Gasteiger partial charge in [0.05, 0.1) is 0 Å². The number of allylic oxidation sites excluding steroid dienone is 2. The molecule has 2 nitrogen and oxygen atoms in total. The molecule has 0 heterocycles. The molecule has 0 radical (unpaired) electrons. The Hall–Kier alpha value is -2.48. The maximum absolute atomic E-state index is 8.11. The fourth-order valence-corrected chi connectivity index (χ4v) is 2.31. The van der Waals surface area contributed by atoms with Crippen molar-refractivity contribution < 1.29 is 0 Å². The zero-order chi connectivity index (χ0) is 14.5. The Balaban J connectivity index is 2.74. The van der Waals surface area contributed by atoms with Gasteiger partial charge in [-0.25, -0.2) is 0 Å². The monoisotopic (exact) mass is 262 g/mol. The number of hydrogen-bond donors (Lipinski definition) is 2. The van der Waals surface area contributed by atoms with Crippen LogP contribution in [-0.2, 0) is 0 Å². The summed E-state index contributed by atoms with van der Waals surface area (Å²) in [6.07, 6.45) is 0. The molecule has 0 saturated heterocycles. The fraction of sp³-hybridized carbons (Fsp3) is 0.111. The zero-order valence-electron chi connectivity index (χ0n) is 11.8. The van der Waals surface area contributed by atoms with Crippen molar-refractivity contribution in [3.8, 4) is 0 Å². The molecule has 20 heavy (non-hydrogen) atoms. The van der Waals surface area contributed by atoms with Gasteiger partial charge in [0, 0.05) is 22.6 Å². The molecule has 100 valence electrons. The van der Waals surface area contributed by atoms with Crippen molar-refractivity contribution in [3.63, 3.8) is 0 Å². The minimum atomic E-state index is 0.474. The second-order valence-corrected chi connectivity index (χ2v) is 4.73. The minimum absolute atomic E-state index is 0.474. The molecule has 2 aromatic carbocycles. The zero-order valence-corrected chi connectivity index (χ0v) is 11.8. The van der Waals surface area contributed by atoms with Gasteiger partial charge in [0.1, 0.15) is 0 Å². The van der Waals surface area contributed by atoms with Crippen LogP contribution in [0.1, 0.15) is 25.0 Å². The smallest absolute Gasteiger partial charge is 0.0368 e. The minimum Gasteiger partial charge on any atom is -0.305 e. The number of benzene rings is 2. The second-order valence-electron chi connectivity index (χ2n) is 4.73. The third-order valence-electron chi connectivity index (χ3n) is 3.12. The lowest BCUT2D eigenvalue weighted by molar-refractivity contribution is 1.47. The molecule has 0 fully saturated rings. The van der Waals surface area contributed by atoms with E-state index in [9.17, 15) is 0 Å². The largest absolute Gasteiger partial charge is 0.305 e. The Labute approximate surface area is 119 Å². The molecule has 0 aliphatic carbocycles. The van der Waals surface area contributed by atoms with Crippen LogP contribution in [0, 0.1) is 10.8 Å². The van der Waals surface area contributed by atoms with E-state index in [1.165, 1.54) is 0 Å². The normalized spacial score (nSPS) is 11.7. The van der Waals surface area contributed by atoms with Gasteiger partial charge in [0.15, 0.2) is 0 Å². The van der Waals surface area contributed by atoms with E-state index in [4.69, 9.17) is 10.8 Å². The van der Waals surface area contributed by atoms with Crippen LogP contribution < -0.4 is 0 Å². The van der Waals surface area contributed by atoms with Gasteiger partial charge in [-0.1, -0.05) is 60.7 Å². The summed E-state index contributed by atoms with van der Waals surface area (Å²) in [4.78, 5) is 0. The van der Waals surface area contributed by atoms with E-state index in [-0.39, 0.29) is 0 Å². The fourth-order valence-electron chi connectivity index (χ4n) is 2.31. The van der Waals surface area contributed by atoms with Gasteiger partial charge >= 0.3 is 0 Å². The van der Waals surface area contributed by atoms with Crippen molar-refractivity contribution in [3.05, 3.63) is 71.8 Å². The number of rotatable bonds is 4. The maximum Gasteiger partial charge on any atom is 0.0368 e. The van der Waals surface area contributed by atoms with Crippen molar-refractivity contribution in [2.45, 2.75) is 13.8 Å². The summed E-state index contributed by atoms with van der Waals surface area (Å²) in [7, 11) is 0. The van der Waals surface area contributed by atoms with Gasteiger partial charge in [-0.05, 0) is 25.0 Å². The molecule has 0 atom stereocenters. The third kappa shape index (κ3) is 2.91. The molecule has 2 N–H and O–H groups in total. The van der Waals surface area contributed by atoms with Gasteiger partial charge in [-0.15, -0.1) is 0 Å². The molecule has 0 spiro atoms. The first kappa shape index (κ1) is 13.9. The van der Waals surface area contributed by atoms with Gasteiger partial charge in [0.25, 0.3) is 0 Å². The summed E-state index contributed by atoms with van der Waals surface area (Å²) < 4.78 is 0. The maximum atomic E-state index is 8.11.